The van der Waals surface area contributed by atoms with E-state index < -0.39 is 5.41 Å². The number of benzene rings is 9. The van der Waals surface area contributed by atoms with E-state index in [0.717, 1.165) is 35.6 Å². The van der Waals surface area contributed by atoms with Crippen molar-refractivity contribution in [2.75, 3.05) is 14.7 Å². The molecule has 14 rings (SSSR count). The highest BCUT2D eigenvalue weighted by Gasteiger charge is 2.59. The molecular formula is C71H65BFN3. The summed E-state index contributed by atoms with van der Waals surface area (Å²) in [5.74, 6) is -0.247. The van der Waals surface area contributed by atoms with Crippen LogP contribution in [-0.4, -0.2) is 12.3 Å². The molecule has 5 heteroatoms. The monoisotopic (exact) mass is 990 g/mol. The maximum atomic E-state index is 15.4. The smallest absolute Gasteiger partial charge is 0.253 e. The largest absolute Gasteiger partial charge is 0.334 e. The Morgan fingerprint density at radius 2 is 0.947 bits per heavy atom. The summed E-state index contributed by atoms with van der Waals surface area (Å²) < 4.78 is 15.4. The van der Waals surface area contributed by atoms with Gasteiger partial charge in [0, 0.05) is 50.9 Å². The third-order valence-electron chi connectivity index (χ3n) is 18.8. The summed E-state index contributed by atoms with van der Waals surface area (Å²) in [5, 5.41) is 0. The van der Waals surface area contributed by atoms with Crippen LogP contribution in [0.5, 0.6) is 0 Å². The zero-order chi connectivity index (χ0) is 52.1. The summed E-state index contributed by atoms with van der Waals surface area (Å²) in [4.78, 5) is 7.90. The van der Waals surface area contributed by atoms with Gasteiger partial charge < -0.3 is 14.7 Å². The summed E-state index contributed by atoms with van der Waals surface area (Å²) in [6, 6.07) is 74.5. The fourth-order valence-corrected chi connectivity index (χ4v) is 14.9. The van der Waals surface area contributed by atoms with Gasteiger partial charge in [-0.2, -0.15) is 0 Å². The minimum absolute atomic E-state index is 0.104. The van der Waals surface area contributed by atoms with Gasteiger partial charge >= 0.3 is 0 Å². The number of nitrogens with zero attached hydrogens (tertiary/aromatic N) is 3. The zero-order valence-electron chi connectivity index (χ0n) is 45.2. The van der Waals surface area contributed by atoms with Crippen LogP contribution >= 0.6 is 0 Å². The van der Waals surface area contributed by atoms with Gasteiger partial charge in [-0.1, -0.05) is 189 Å². The van der Waals surface area contributed by atoms with E-state index >= 15 is 4.39 Å². The molecule has 374 valence electrons. The molecule has 2 unspecified atom stereocenters. The van der Waals surface area contributed by atoms with Crippen LogP contribution in [0.1, 0.15) is 120 Å². The number of hydrogen-bond donors (Lipinski definition) is 0. The third kappa shape index (κ3) is 6.47. The molecular weight excluding hydrogens is 925 g/mol. The average Bonchev–Trinajstić information content (AvgIpc) is 3.82. The molecule has 9 aromatic rings. The minimum Gasteiger partial charge on any atom is -0.334 e. The number of halogens is 1. The Morgan fingerprint density at radius 1 is 0.421 bits per heavy atom. The highest BCUT2D eigenvalue weighted by molar-refractivity contribution is 7.01. The Labute approximate surface area is 449 Å². The average molecular weight is 990 g/mol. The number of hydrogen-bond acceptors (Lipinski definition) is 3. The van der Waals surface area contributed by atoms with Gasteiger partial charge in [0.15, 0.2) is 0 Å². The summed E-state index contributed by atoms with van der Waals surface area (Å²) in [7, 11) is 0. The van der Waals surface area contributed by atoms with E-state index in [9.17, 15) is 0 Å². The van der Waals surface area contributed by atoms with E-state index in [2.05, 4.69) is 246 Å². The molecule has 1 saturated carbocycles. The Kier molecular flexibility index (Phi) is 10.1. The van der Waals surface area contributed by atoms with Crippen molar-refractivity contribution in [1.82, 2.24) is 0 Å². The molecule has 0 N–H and O–H groups in total. The van der Waals surface area contributed by atoms with Gasteiger partial charge in [0.1, 0.15) is 5.82 Å². The zero-order valence-corrected chi connectivity index (χ0v) is 45.2. The molecule has 4 aliphatic heterocycles. The van der Waals surface area contributed by atoms with E-state index in [0.29, 0.717) is 0 Å². The van der Waals surface area contributed by atoms with Gasteiger partial charge in [0.25, 0.3) is 6.71 Å². The van der Waals surface area contributed by atoms with E-state index in [-0.39, 0.29) is 34.3 Å². The van der Waals surface area contributed by atoms with Crippen LogP contribution < -0.4 is 31.1 Å². The van der Waals surface area contributed by atoms with E-state index in [1.807, 2.05) is 12.1 Å². The van der Waals surface area contributed by atoms with Crippen molar-refractivity contribution in [2.24, 2.45) is 0 Å². The quantitative estimate of drug-likeness (QED) is 0.154. The Bertz CT molecular complexity index is 3730. The van der Waals surface area contributed by atoms with Crippen molar-refractivity contribution < 1.29 is 4.39 Å². The summed E-state index contributed by atoms with van der Waals surface area (Å²) >= 11 is 0. The van der Waals surface area contributed by atoms with Crippen LogP contribution in [0.25, 0.3) is 11.1 Å². The van der Waals surface area contributed by atoms with E-state index in [1.54, 1.807) is 12.1 Å². The van der Waals surface area contributed by atoms with Crippen molar-refractivity contribution in [3.63, 3.8) is 0 Å². The number of fused-ring (bicyclic) bond motifs is 3. The standard InChI is InChI=1S/C71H65BFN3/c1-67(2,3)50-41-51(68(4,5)6)43-54(42-50)75-61-31-21-29-57-65(61)72-64-56(71(57,48-24-14-10-15-25-48)49-26-16-11-17-27-49)28-20-30-60(64)74(53-35-33-52(73)34-36-53)62-44-55(45-63(75)66(62)72)76-59-37-32-47(46-22-12-9-13-23-46)40-58(59)69(7)38-18-19-39-70(69,76)8/h9-17,20-37,40-45H,18-19,38-39H2,1-8H3. The molecule has 5 aliphatic rings. The lowest BCUT2D eigenvalue weighted by molar-refractivity contribution is 0.195. The predicted octanol–water partition coefficient (Wildman–Crippen LogP) is 16.6. The summed E-state index contributed by atoms with van der Waals surface area (Å²) in [6.07, 6.45) is 4.55. The van der Waals surface area contributed by atoms with E-state index in [1.165, 1.54) is 102 Å². The molecule has 0 saturated heterocycles. The normalized spacial score (nSPS) is 19.5. The Hall–Kier alpha value is -7.63. The summed E-state index contributed by atoms with van der Waals surface area (Å²) in [6.45, 7) is 19.1. The molecule has 1 aliphatic carbocycles. The van der Waals surface area contributed by atoms with Gasteiger partial charge in [0.05, 0.1) is 11.0 Å². The SMILES string of the molecule is CC(C)(C)c1cc(N2c3cc(N4c5ccc(-c6ccccc6)cc5C5(C)CCCCC45C)cc4c3B3c5c(cccc5C(c5ccccc5)(c5ccccc5)c5cccc2c53)N4c2ccc(F)cc2)cc(C(C)(C)C)c1. The van der Waals surface area contributed by atoms with Crippen molar-refractivity contribution in [3.05, 3.63) is 245 Å². The first kappa shape index (κ1) is 46.9. The van der Waals surface area contributed by atoms with Crippen molar-refractivity contribution in [2.45, 2.75) is 108 Å². The molecule has 1 fully saturated rings. The van der Waals surface area contributed by atoms with Crippen molar-refractivity contribution in [1.29, 1.82) is 0 Å². The summed E-state index contributed by atoms with van der Waals surface area (Å²) in [5.41, 5.74) is 23.4. The first-order chi connectivity index (χ1) is 36.6. The molecule has 0 aromatic heterocycles. The number of rotatable bonds is 6. The lowest BCUT2D eigenvalue weighted by Crippen LogP contribution is -2.68. The first-order valence-corrected chi connectivity index (χ1v) is 27.7. The molecule has 0 bridgehead atoms. The van der Waals surface area contributed by atoms with Crippen molar-refractivity contribution >= 4 is 68.6 Å². The highest BCUT2D eigenvalue weighted by atomic mass is 19.1. The fourth-order valence-electron chi connectivity index (χ4n) is 14.9. The molecule has 3 nitrogen and oxygen atoms in total. The van der Waals surface area contributed by atoms with Gasteiger partial charge in [-0.25, -0.2) is 4.39 Å². The van der Waals surface area contributed by atoms with E-state index in [4.69, 9.17) is 0 Å². The molecule has 0 spiro atoms. The van der Waals surface area contributed by atoms with Crippen LogP contribution in [0.3, 0.4) is 0 Å². The molecule has 4 heterocycles. The van der Waals surface area contributed by atoms with Gasteiger partial charge in [-0.05, 0) is 170 Å². The first-order valence-electron chi connectivity index (χ1n) is 27.7. The van der Waals surface area contributed by atoms with Crippen LogP contribution in [0.4, 0.5) is 49.9 Å². The second-order valence-corrected chi connectivity index (χ2v) is 25.0. The van der Waals surface area contributed by atoms with Crippen LogP contribution in [0.15, 0.2) is 200 Å². The molecule has 76 heavy (non-hydrogen) atoms. The fraction of sp³-hybridized carbons (Fsp3) is 0.239. The molecule has 0 radical (unpaired) electrons. The van der Waals surface area contributed by atoms with Crippen LogP contribution in [0, 0.1) is 5.82 Å². The topological polar surface area (TPSA) is 9.72 Å². The van der Waals surface area contributed by atoms with Crippen LogP contribution in [-0.2, 0) is 21.7 Å². The molecule has 0 amide bonds. The minimum atomic E-state index is -0.674. The maximum absolute atomic E-state index is 15.4. The van der Waals surface area contributed by atoms with Gasteiger partial charge in [-0.15, -0.1) is 0 Å². The second kappa shape index (κ2) is 16.4. The second-order valence-electron chi connectivity index (χ2n) is 25.0. The van der Waals surface area contributed by atoms with Gasteiger partial charge in [-0.3, -0.25) is 0 Å². The Morgan fingerprint density at radius 3 is 1.50 bits per heavy atom. The molecule has 2 atom stereocenters. The predicted molar refractivity (Wildman–Crippen MR) is 318 cm³/mol. The van der Waals surface area contributed by atoms with Gasteiger partial charge in [0.2, 0.25) is 0 Å². The third-order valence-corrected chi connectivity index (χ3v) is 18.8. The van der Waals surface area contributed by atoms with Crippen molar-refractivity contribution in [3.8, 4) is 11.1 Å². The lowest BCUT2D eigenvalue weighted by atomic mass is 9.28. The Balaban J connectivity index is 1.14. The highest BCUT2D eigenvalue weighted by Crippen LogP contribution is 2.63. The lowest BCUT2D eigenvalue weighted by Gasteiger charge is -2.53. The maximum Gasteiger partial charge on any atom is 0.253 e. The number of anilines is 8. The molecule has 9 aromatic carbocycles. The van der Waals surface area contributed by atoms with Crippen LogP contribution in [0.2, 0.25) is 0 Å².